The Morgan fingerprint density at radius 1 is 1.09 bits per heavy atom. The van der Waals surface area contributed by atoms with Gasteiger partial charge in [-0.15, -0.1) is 0 Å². The molecular formula is C17H23NO4. The summed E-state index contributed by atoms with van der Waals surface area (Å²) in [4.78, 5) is 23.4. The van der Waals surface area contributed by atoms with Crippen molar-refractivity contribution in [1.29, 1.82) is 0 Å². The van der Waals surface area contributed by atoms with E-state index in [-0.39, 0.29) is 23.7 Å². The standard InChI is InChI=1S/C17H23NO4/c19-15(20)10-3-9-1-2-17(16(21)22,7-11(9)4-10)14-6-13-5-12(14)8-18-13/h1-2,9-14,18H,3-8H2,(H,19,20)(H,21,22). The highest BCUT2D eigenvalue weighted by Gasteiger charge is 2.56. The Morgan fingerprint density at radius 2 is 1.91 bits per heavy atom. The van der Waals surface area contributed by atoms with Gasteiger partial charge < -0.3 is 15.5 Å². The first kappa shape index (κ1) is 14.2. The van der Waals surface area contributed by atoms with Crippen LogP contribution in [0.2, 0.25) is 0 Å². The predicted octanol–water partition coefficient (Wildman–Crippen LogP) is 1.74. The highest BCUT2D eigenvalue weighted by molar-refractivity contribution is 5.78. The van der Waals surface area contributed by atoms with Gasteiger partial charge in [0, 0.05) is 6.04 Å². The number of carbonyl (C=O) groups is 2. The topological polar surface area (TPSA) is 86.6 Å². The van der Waals surface area contributed by atoms with Crippen molar-refractivity contribution < 1.29 is 19.8 Å². The third-order valence-electron chi connectivity index (χ3n) is 6.76. The molecule has 0 aromatic heterocycles. The molecule has 1 saturated heterocycles. The molecular weight excluding hydrogens is 282 g/mol. The summed E-state index contributed by atoms with van der Waals surface area (Å²) in [5.41, 5.74) is -0.768. The van der Waals surface area contributed by atoms with Crippen LogP contribution in [0.1, 0.15) is 32.1 Å². The molecule has 120 valence electrons. The molecule has 0 aromatic carbocycles. The van der Waals surface area contributed by atoms with Gasteiger partial charge in [-0.05, 0) is 62.3 Å². The molecule has 2 saturated carbocycles. The summed E-state index contributed by atoms with van der Waals surface area (Å²) in [5.74, 6) is -0.604. The SMILES string of the molecule is O=C(O)C1CC2C=CC(C(=O)O)(C3CC4CC3CN4)CC2C1. The summed E-state index contributed by atoms with van der Waals surface area (Å²) in [6.45, 7) is 0.935. The minimum Gasteiger partial charge on any atom is -0.481 e. The average molecular weight is 305 g/mol. The zero-order valence-electron chi connectivity index (χ0n) is 12.6. The second kappa shape index (κ2) is 4.82. The molecule has 0 spiro atoms. The Labute approximate surface area is 129 Å². The van der Waals surface area contributed by atoms with Crippen molar-refractivity contribution >= 4 is 11.9 Å². The molecule has 5 nitrogen and oxygen atoms in total. The molecule has 4 aliphatic rings. The minimum atomic E-state index is -0.768. The van der Waals surface area contributed by atoms with E-state index in [1.54, 1.807) is 0 Å². The van der Waals surface area contributed by atoms with Crippen LogP contribution in [0.25, 0.3) is 0 Å². The van der Waals surface area contributed by atoms with E-state index >= 15 is 0 Å². The second-order valence-electron chi connectivity index (χ2n) is 7.78. The molecule has 1 aliphatic heterocycles. The maximum Gasteiger partial charge on any atom is 0.313 e. The number of fused-ring (bicyclic) bond motifs is 3. The van der Waals surface area contributed by atoms with Crippen LogP contribution in [0.3, 0.4) is 0 Å². The molecule has 4 rings (SSSR count). The molecule has 0 radical (unpaired) electrons. The molecule has 2 bridgehead atoms. The van der Waals surface area contributed by atoms with Crippen LogP contribution < -0.4 is 5.32 Å². The van der Waals surface area contributed by atoms with Crippen LogP contribution in [-0.4, -0.2) is 34.7 Å². The van der Waals surface area contributed by atoms with Crippen molar-refractivity contribution in [3.05, 3.63) is 12.2 Å². The Bertz CT molecular complexity index is 545. The molecule has 0 aromatic rings. The highest BCUT2D eigenvalue weighted by atomic mass is 16.4. The van der Waals surface area contributed by atoms with E-state index in [1.165, 1.54) is 0 Å². The molecule has 3 aliphatic carbocycles. The summed E-state index contributed by atoms with van der Waals surface area (Å²) < 4.78 is 0. The molecule has 7 unspecified atom stereocenters. The quantitative estimate of drug-likeness (QED) is 0.691. The fourth-order valence-corrected chi connectivity index (χ4v) is 5.68. The van der Waals surface area contributed by atoms with Gasteiger partial charge in [0.2, 0.25) is 0 Å². The van der Waals surface area contributed by atoms with E-state index in [9.17, 15) is 19.8 Å². The van der Waals surface area contributed by atoms with E-state index in [0.717, 1.165) is 19.4 Å². The maximum atomic E-state index is 12.2. The van der Waals surface area contributed by atoms with Gasteiger partial charge in [0.15, 0.2) is 0 Å². The summed E-state index contributed by atoms with van der Waals surface area (Å²) in [7, 11) is 0. The first-order chi connectivity index (χ1) is 10.5. The Morgan fingerprint density at radius 3 is 2.50 bits per heavy atom. The van der Waals surface area contributed by atoms with Crippen LogP contribution in [-0.2, 0) is 9.59 Å². The Balaban J connectivity index is 1.61. The first-order valence-corrected chi connectivity index (χ1v) is 8.38. The van der Waals surface area contributed by atoms with E-state index in [2.05, 4.69) is 5.32 Å². The normalized spacial score (nSPS) is 49.3. The molecule has 0 amide bonds. The number of piperidine rings is 1. The van der Waals surface area contributed by atoms with E-state index in [0.29, 0.717) is 31.2 Å². The van der Waals surface area contributed by atoms with Crippen LogP contribution in [0.5, 0.6) is 0 Å². The summed E-state index contributed by atoms with van der Waals surface area (Å²) in [6.07, 6.45) is 7.95. The minimum absolute atomic E-state index is 0.206. The van der Waals surface area contributed by atoms with Crippen molar-refractivity contribution in [2.24, 2.45) is 35.0 Å². The summed E-state index contributed by atoms with van der Waals surface area (Å²) in [5, 5.41) is 22.7. The number of hydrogen-bond donors (Lipinski definition) is 3. The summed E-state index contributed by atoms with van der Waals surface area (Å²) in [6, 6.07) is 0.479. The van der Waals surface area contributed by atoms with Crippen LogP contribution in [0, 0.1) is 35.0 Å². The second-order valence-corrected chi connectivity index (χ2v) is 7.78. The highest BCUT2D eigenvalue weighted by Crippen LogP contribution is 2.56. The third-order valence-corrected chi connectivity index (χ3v) is 6.76. The zero-order valence-corrected chi connectivity index (χ0v) is 12.6. The van der Waals surface area contributed by atoms with Gasteiger partial charge >= 0.3 is 11.9 Å². The van der Waals surface area contributed by atoms with Gasteiger partial charge in [0.05, 0.1) is 11.3 Å². The van der Waals surface area contributed by atoms with Crippen molar-refractivity contribution in [3.8, 4) is 0 Å². The van der Waals surface area contributed by atoms with Crippen molar-refractivity contribution in [1.82, 2.24) is 5.32 Å². The molecule has 3 fully saturated rings. The Hall–Kier alpha value is -1.36. The number of nitrogens with one attached hydrogen (secondary N) is 1. The predicted molar refractivity (Wildman–Crippen MR) is 79.2 cm³/mol. The molecule has 3 N–H and O–H groups in total. The lowest BCUT2D eigenvalue weighted by molar-refractivity contribution is -0.152. The fraction of sp³-hybridized carbons (Fsp3) is 0.765. The van der Waals surface area contributed by atoms with Gasteiger partial charge in [0.1, 0.15) is 0 Å². The van der Waals surface area contributed by atoms with Crippen LogP contribution >= 0.6 is 0 Å². The van der Waals surface area contributed by atoms with Gasteiger partial charge in [-0.2, -0.15) is 0 Å². The number of aliphatic carboxylic acids is 2. The largest absolute Gasteiger partial charge is 0.481 e. The molecule has 7 atom stereocenters. The monoisotopic (exact) mass is 305 g/mol. The number of carboxylic acids is 2. The maximum absolute atomic E-state index is 12.2. The lowest BCUT2D eigenvalue weighted by atomic mass is 9.61. The van der Waals surface area contributed by atoms with Crippen LogP contribution in [0.4, 0.5) is 0 Å². The molecule has 1 heterocycles. The van der Waals surface area contributed by atoms with E-state index < -0.39 is 17.4 Å². The van der Waals surface area contributed by atoms with Gasteiger partial charge in [-0.3, -0.25) is 9.59 Å². The number of hydrogen-bond acceptors (Lipinski definition) is 3. The molecule has 5 heteroatoms. The lowest BCUT2D eigenvalue weighted by Gasteiger charge is -2.42. The number of carboxylic acid groups (broad SMARTS) is 2. The van der Waals surface area contributed by atoms with Crippen molar-refractivity contribution in [3.63, 3.8) is 0 Å². The van der Waals surface area contributed by atoms with E-state index in [1.807, 2.05) is 12.2 Å². The van der Waals surface area contributed by atoms with Crippen molar-refractivity contribution in [2.75, 3.05) is 6.54 Å². The fourth-order valence-electron chi connectivity index (χ4n) is 5.68. The van der Waals surface area contributed by atoms with E-state index in [4.69, 9.17) is 0 Å². The van der Waals surface area contributed by atoms with Gasteiger partial charge in [-0.1, -0.05) is 12.2 Å². The first-order valence-electron chi connectivity index (χ1n) is 8.38. The Kier molecular flexibility index (Phi) is 3.12. The number of allylic oxidation sites excluding steroid dienone is 1. The summed E-state index contributed by atoms with van der Waals surface area (Å²) >= 11 is 0. The van der Waals surface area contributed by atoms with Gasteiger partial charge in [0.25, 0.3) is 0 Å². The zero-order chi connectivity index (χ0) is 15.5. The van der Waals surface area contributed by atoms with Crippen molar-refractivity contribution in [2.45, 2.75) is 38.1 Å². The van der Waals surface area contributed by atoms with Gasteiger partial charge in [-0.25, -0.2) is 0 Å². The number of rotatable bonds is 3. The smallest absolute Gasteiger partial charge is 0.313 e. The average Bonchev–Trinajstić information content (AvgIpc) is 3.20. The van der Waals surface area contributed by atoms with Crippen LogP contribution in [0.15, 0.2) is 12.2 Å². The molecule has 22 heavy (non-hydrogen) atoms. The lowest BCUT2D eigenvalue weighted by Crippen LogP contribution is -2.46. The third kappa shape index (κ3) is 1.94.